The number of methoxy groups -OCH3 is 1. The maximum atomic E-state index is 10.7. The Kier molecular flexibility index (Phi) is 3.72. The predicted octanol–water partition coefficient (Wildman–Crippen LogP) is 3.67. The molecule has 2 aromatic rings. The van der Waals surface area contributed by atoms with Gasteiger partial charge in [0.1, 0.15) is 5.75 Å². The molecule has 4 nitrogen and oxygen atoms in total. The Morgan fingerprint density at radius 1 is 1.05 bits per heavy atom. The van der Waals surface area contributed by atoms with Crippen LogP contribution >= 0.6 is 0 Å². The molecule has 0 saturated carbocycles. The van der Waals surface area contributed by atoms with Crippen LogP contribution in [0.5, 0.6) is 5.75 Å². The Hall–Kier alpha value is -2.17. The van der Waals surface area contributed by atoms with Crippen molar-refractivity contribution in [2.75, 3.05) is 7.11 Å². The van der Waals surface area contributed by atoms with E-state index in [1.807, 2.05) is 68.4 Å². The maximum Gasteiger partial charge on any atom is 0.155 e. The quantitative estimate of drug-likeness (QED) is 0.940. The van der Waals surface area contributed by atoms with E-state index < -0.39 is 11.7 Å². The fourth-order valence-corrected chi connectivity index (χ4v) is 2.85. The number of aliphatic imine (C=N–C) groups is 1. The molecule has 1 atom stereocenters. The molecule has 0 spiro atoms. The minimum Gasteiger partial charge on any atom is -0.496 e. The third kappa shape index (κ3) is 2.30. The van der Waals surface area contributed by atoms with E-state index in [1.54, 1.807) is 7.11 Å². The highest BCUT2D eigenvalue weighted by atomic mass is 16.5. The lowest BCUT2D eigenvalue weighted by Crippen LogP contribution is -2.44. The van der Waals surface area contributed by atoms with E-state index in [0.717, 1.165) is 22.6 Å². The van der Waals surface area contributed by atoms with Gasteiger partial charge in [-0.15, -0.1) is 0 Å². The van der Waals surface area contributed by atoms with Crippen LogP contribution in [0, 0.1) is 0 Å². The Morgan fingerprint density at radius 2 is 1.68 bits per heavy atom. The smallest absolute Gasteiger partial charge is 0.155 e. The molecule has 0 aromatic heterocycles. The molecule has 22 heavy (non-hydrogen) atoms. The van der Waals surface area contributed by atoms with E-state index in [1.165, 1.54) is 5.06 Å². The van der Waals surface area contributed by atoms with Gasteiger partial charge in [0, 0.05) is 5.56 Å². The molecule has 1 N–H and O–H groups in total. The summed E-state index contributed by atoms with van der Waals surface area (Å²) in [7, 11) is 1.63. The van der Waals surface area contributed by atoms with Gasteiger partial charge in [0.05, 0.1) is 18.4 Å². The molecule has 0 radical (unpaired) electrons. The van der Waals surface area contributed by atoms with Crippen molar-refractivity contribution in [2.24, 2.45) is 4.99 Å². The topological polar surface area (TPSA) is 45.1 Å². The molecule has 0 bridgehead atoms. The van der Waals surface area contributed by atoms with Crippen LogP contribution < -0.4 is 4.74 Å². The molecule has 4 heteroatoms. The summed E-state index contributed by atoms with van der Waals surface area (Å²) >= 11 is 0. The first-order chi connectivity index (χ1) is 10.6. The average molecular weight is 296 g/mol. The summed E-state index contributed by atoms with van der Waals surface area (Å²) < 4.78 is 5.41. The Balaban J connectivity index is 2.09. The van der Waals surface area contributed by atoms with E-state index in [4.69, 9.17) is 9.73 Å². The Morgan fingerprint density at radius 3 is 2.36 bits per heavy atom. The van der Waals surface area contributed by atoms with Gasteiger partial charge in [0.15, 0.2) is 6.17 Å². The summed E-state index contributed by atoms with van der Waals surface area (Å²) in [6.45, 7) is 3.93. The molecule has 1 heterocycles. The van der Waals surface area contributed by atoms with Gasteiger partial charge in [-0.05, 0) is 25.5 Å². The van der Waals surface area contributed by atoms with Gasteiger partial charge >= 0.3 is 0 Å². The summed E-state index contributed by atoms with van der Waals surface area (Å²) in [6.07, 6.45) is -0.471. The number of nitrogens with zero attached hydrogens (tertiary/aromatic N) is 2. The number of rotatable bonds is 3. The van der Waals surface area contributed by atoms with Crippen LogP contribution in [-0.4, -0.2) is 28.6 Å². The minimum atomic E-state index is -0.577. The SMILES string of the molecule is COc1ccccc1C1N=C(c2ccccc2)C(C)(C)N1O. The van der Waals surface area contributed by atoms with Gasteiger partial charge in [0.2, 0.25) is 0 Å². The maximum absolute atomic E-state index is 10.7. The predicted molar refractivity (Wildman–Crippen MR) is 86.4 cm³/mol. The summed E-state index contributed by atoms with van der Waals surface area (Å²) in [5, 5.41) is 12.0. The van der Waals surface area contributed by atoms with Gasteiger partial charge in [0.25, 0.3) is 0 Å². The van der Waals surface area contributed by atoms with Crippen LogP contribution in [0.4, 0.5) is 0 Å². The molecule has 3 rings (SSSR count). The van der Waals surface area contributed by atoms with Crippen molar-refractivity contribution in [3.8, 4) is 5.75 Å². The molecule has 2 aromatic carbocycles. The number of hydrogen-bond donors (Lipinski definition) is 1. The van der Waals surface area contributed by atoms with Crippen molar-refractivity contribution >= 4 is 5.71 Å². The first kappa shape index (κ1) is 14.8. The van der Waals surface area contributed by atoms with Gasteiger partial charge in [-0.2, -0.15) is 5.06 Å². The third-order valence-corrected chi connectivity index (χ3v) is 4.10. The van der Waals surface area contributed by atoms with E-state index in [0.29, 0.717) is 0 Å². The number of ether oxygens (including phenoxy) is 1. The van der Waals surface area contributed by atoms with Crippen molar-refractivity contribution in [2.45, 2.75) is 25.6 Å². The van der Waals surface area contributed by atoms with Gasteiger partial charge in [-0.1, -0.05) is 48.5 Å². The first-order valence-corrected chi connectivity index (χ1v) is 7.30. The van der Waals surface area contributed by atoms with Crippen LogP contribution in [0.3, 0.4) is 0 Å². The van der Waals surface area contributed by atoms with Crippen LogP contribution in [0.15, 0.2) is 59.6 Å². The fraction of sp³-hybridized carbons (Fsp3) is 0.278. The highest BCUT2D eigenvalue weighted by Gasteiger charge is 2.44. The van der Waals surface area contributed by atoms with Crippen molar-refractivity contribution < 1.29 is 9.94 Å². The molecule has 1 unspecified atom stereocenters. The fourth-order valence-electron chi connectivity index (χ4n) is 2.85. The van der Waals surface area contributed by atoms with Crippen LogP contribution in [0.2, 0.25) is 0 Å². The second-order valence-electron chi connectivity index (χ2n) is 5.86. The molecular weight excluding hydrogens is 276 g/mol. The van der Waals surface area contributed by atoms with Crippen LogP contribution in [0.25, 0.3) is 0 Å². The van der Waals surface area contributed by atoms with E-state index >= 15 is 0 Å². The van der Waals surface area contributed by atoms with Crippen molar-refractivity contribution in [1.82, 2.24) is 5.06 Å². The number of hydrogen-bond acceptors (Lipinski definition) is 4. The van der Waals surface area contributed by atoms with E-state index in [2.05, 4.69) is 0 Å². The van der Waals surface area contributed by atoms with Crippen molar-refractivity contribution in [3.63, 3.8) is 0 Å². The lowest BCUT2D eigenvalue weighted by Gasteiger charge is -2.30. The number of para-hydroxylation sites is 1. The zero-order valence-corrected chi connectivity index (χ0v) is 13.0. The minimum absolute atomic E-state index is 0.471. The second-order valence-corrected chi connectivity index (χ2v) is 5.86. The van der Waals surface area contributed by atoms with E-state index in [9.17, 15) is 5.21 Å². The average Bonchev–Trinajstić information content (AvgIpc) is 2.79. The zero-order valence-electron chi connectivity index (χ0n) is 13.0. The Labute approximate surface area is 130 Å². The standard InChI is InChI=1S/C18H20N2O2/c1-18(2)16(13-9-5-4-6-10-13)19-17(20(18)21)14-11-7-8-12-15(14)22-3/h4-12,17,21H,1-3H3. The molecule has 0 aliphatic carbocycles. The normalized spacial score (nSPS) is 20.7. The highest BCUT2D eigenvalue weighted by Crippen LogP contribution is 2.40. The summed E-state index contributed by atoms with van der Waals surface area (Å²) in [5.74, 6) is 0.723. The largest absolute Gasteiger partial charge is 0.496 e. The Bertz CT molecular complexity index is 695. The summed E-state index contributed by atoms with van der Waals surface area (Å²) in [6, 6.07) is 17.6. The lowest BCUT2D eigenvalue weighted by atomic mass is 9.93. The molecule has 0 fully saturated rings. The second kappa shape index (κ2) is 5.55. The molecular formula is C18H20N2O2. The molecule has 0 saturated heterocycles. The highest BCUT2D eigenvalue weighted by molar-refractivity contribution is 6.08. The van der Waals surface area contributed by atoms with Crippen molar-refractivity contribution in [1.29, 1.82) is 0 Å². The third-order valence-electron chi connectivity index (χ3n) is 4.10. The first-order valence-electron chi connectivity index (χ1n) is 7.30. The van der Waals surface area contributed by atoms with Gasteiger partial charge in [-0.3, -0.25) is 4.99 Å². The van der Waals surface area contributed by atoms with Crippen LogP contribution in [0.1, 0.15) is 31.1 Å². The molecule has 114 valence electrons. The summed E-state index contributed by atoms with van der Waals surface area (Å²) in [5.41, 5.74) is 2.16. The number of benzene rings is 2. The molecule has 0 amide bonds. The molecule has 1 aliphatic heterocycles. The molecule has 1 aliphatic rings. The number of hydroxylamine groups is 2. The van der Waals surface area contributed by atoms with E-state index in [-0.39, 0.29) is 0 Å². The van der Waals surface area contributed by atoms with Gasteiger partial charge in [-0.25, -0.2) is 0 Å². The van der Waals surface area contributed by atoms with Gasteiger partial charge < -0.3 is 9.94 Å². The lowest BCUT2D eigenvalue weighted by molar-refractivity contribution is -0.159. The monoisotopic (exact) mass is 296 g/mol. The zero-order chi connectivity index (χ0) is 15.7. The van der Waals surface area contributed by atoms with Crippen molar-refractivity contribution in [3.05, 3.63) is 65.7 Å². The summed E-state index contributed by atoms with van der Waals surface area (Å²) in [4.78, 5) is 4.78. The van der Waals surface area contributed by atoms with Crippen LogP contribution in [-0.2, 0) is 0 Å².